The number of nitrogens with one attached hydrogen (secondary N) is 1. The fraction of sp³-hybridized carbons (Fsp3) is 0.300. The third-order valence-electron chi connectivity index (χ3n) is 1.69. The molecule has 74 valence electrons. The first kappa shape index (κ1) is 10.5. The van der Waals surface area contributed by atoms with Gasteiger partial charge in [0.05, 0.1) is 11.7 Å². The highest BCUT2D eigenvalue weighted by Crippen LogP contribution is 2.13. The summed E-state index contributed by atoms with van der Waals surface area (Å²) in [5.74, 6) is -0.532. The fourth-order valence-electron chi connectivity index (χ4n) is 0.986. The van der Waals surface area contributed by atoms with Crippen molar-refractivity contribution in [2.45, 2.75) is 13.0 Å². The number of benzene rings is 1. The van der Waals surface area contributed by atoms with Crippen molar-refractivity contribution in [1.29, 1.82) is 5.26 Å². The van der Waals surface area contributed by atoms with Gasteiger partial charge >= 0.3 is 0 Å². The number of halogens is 1. The third-order valence-corrected chi connectivity index (χ3v) is 1.69. The monoisotopic (exact) mass is 194 g/mol. The molecule has 0 saturated carbocycles. The van der Waals surface area contributed by atoms with Crippen molar-refractivity contribution in [3.05, 3.63) is 29.6 Å². The molecular weight excluding hydrogens is 183 g/mol. The van der Waals surface area contributed by atoms with E-state index in [0.29, 0.717) is 12.2 Å². The van der Waals surface area contributed by atoms with Crippen molar-refractivity contribution in [3.63, 3.8) is 0 Å². The van der Waals surface area contributed by atoms with Crippen molar-refractivity contribution in [2.24, 2.45) is 0 Å². The van der Waals surface area contributed by atoms with Gasteiger partial charge in [-0.2, -0.15) is 5.26 Å². The second-order valence-corrected chi connectivity index (χ2v) is 3.04. The molecule has 0 aliphatic carbocycles. The molecule has 1 aromatic carbocycles. The highest BCUT2D eigenvalue weighted by atomic mass is 19.1. The molecule has 4 heteroatoms. The van der Waals surface area contributed by atoms with Crippen molar-refractivity contribution in [3.8, 4) is 6.07 Å². The van der Waals surface area contributed by atoms with Gasteiger partial charge in [0.15, 0.2) is 0 Å². The Morgan fingerprint density at radius 2 is 2.36 bits per heavy atom. The second-order valence-electron chi connectivity index (χ2n) is 3.04. The van der Waals surface area contributed by atoms with Crippen molar-refractivity contribution in [2.75, 3.05) is 11.9 Å². The van der Waals surface area contributed by atoms with Crippen LogP contribution in [0.4, 0.5) is 10.1 Å². The number of hydrogen-bond donors (Lipinski definition) is 2. The molecule has 0 heterocycles. The molecule has 0 unspecified atom stereocenters. The number of aliphatic hydroxyl groups is 1. The molecular formula is C10H11FN2O. The predicted molar refractivity (Wildman–Crippen MR) is 51.3 cm³/mol. The van der Waals surface area contributed by atoms with Crippen LogP contribution in [0.25, 0.3) is 0 Å². The summed E-state index contributed by atoms with van der Waals surface area (Å²) in [4.78, 5) is 0. The zero-order valence-electron chi connectivity index (χ0n) is 7.79. The Balaban J connectivity index is 2.76. The van der Waals surface area contributed by atoms with Gasteiger partial charge in [0, 0.05) is 12.2 Å². The van der Waals surface area contributed by atoms with Gasteiger partial charge in [-0.3, -0.25) is 0 Å². The summed E-state index contributed by atoms with van der Waals surface area (Å²) in [6, 6.07) is 5.91. The summed E-state index contributed by atoms with van der Waals surface area (Å²) in [5, 5.41) is 20.4. The molecule has 0 radical (unpaired) electrons. The van der Waals surface area contributed by atoms with E-state index in [1.807, 2.05) is 0 Å². The van der Waals surface area contributed by atoms with E-state index in [0.717, 1.165) is 0 Å². The molecule has 0 aromatic heterocycles. The van der Waals surface area contributed by atoms with Crippen LogP contribution in [-0.4, -0.2) is 17.8 Å². The molecule has 0 aliphatic rings. The predicted octanol–water partition coefficient (Wildman–Crippen LogP) is 1.49. The Morgan fingerprint density at radius 1 is 1.64 bits per heavy atom. The Hall–Kier alpha value is -1.60. The van der Waals surface area contributed by atoms with Crippen LogP contribution in [0, 0.1) is 17.1 Å². The van der Waals surface area contributed by atoms with Gasteiger partial charge in [0.2, 0.25) is 0 Å². The highest BCUT2D eigenvalue weighted by Gasteiger charge is 2.02. The lowest BCUT2D eigenvalue weighted by Crippen LogP contribution is -2.15. The van der Waals surface area contributed by atoms with Crippen LogP contribution in [-0.2, 0) is 0 Å². The molecule has 3 nitrogen and oxygen atoms in total. The highest BCUT2D eigenvalue weighted by molar-refractivity contribution is 5.49. The largest absolute Gasteiger partial charge is 0.392 e. The molecule has 0 saturated heterocycles. The first-order chi connectivity index (χ1) is 6.63. The lowest BCUT2D eigenvalue weighted by Gasteiger charge is -2.08. The molecule has 0 spiro atoms. The normalized spacial score (nSPS) is 11.9. The van der Waals surface area contributed by atoms with Crippen LogP contribution in [0.2, 0.25) is 0 Å². The number of anilines is 1. The lowest BCUT2D eigenvalue weighted by atomic mass is 10.2. The minimum atomic E-state index is -0.532. The van der Waals surface area contributed by atoms with Crippen LogP contribution >= 0.6 is 0 Å². The standard InChI is InChI=1S/C10H11FN2O/c1-7(14)6-13-9-2-3-10(11)8(4-9)5-12/h2-4,7,13-14H,6H2,1H3/t7-/m1/s1. The lowest BCUT2D eigenvalue weighted by molar-refractivity contribution is 0.208. The van der Waals surface area contributed by atoms with E-state index >= 15 is 0 Å². The summed E-state index contributed by atoms with van der Waals surface area (Å²) in [6.45, 7) is 2.01. The molecule has 1 aromatic rings. The van der Waals surface area contributed by atoms with Gasteiger partial charge < -0.3 is 10.4 Å². The summed E-state index contributed by atoms with van der Waals surface area (Å²) in [7, 11) is 0. The molecule has 14 heavy (non-hydrogen) atoms. The smallest absolute Gasteiger partial charge is 0.141 e. The SMILES string of the molecule is C[C@@H](O)CNc1ccc(F)c(C#N)c1. The zero-order chi connectivity index (χ0) is 10.6. The van der Waals surface area contributed by atoms with Crippen LogP contribution in [0.15, 0.2) is 18.2 Å². The third kappa shape index (κ3) is 2.71. The molecule has 0 bridgehead atoms. The molecule has 0 aliphatic heterocycles. The minimum absolute atomic E-state index is 0.000549. The van der Waals surface area contributed by atoms with E-state index in [4.69, 9.17) is 10.4 Å². The van der Waals surface area contributed by atoms with E-state index in [1.165, 1.54) is 18.2 Å². The second kappa shape index (κ2) is 4.58. The average Bonchev–Trinajstić information content (AvgIpc) is 2.16. The quantitative estimate of drug-likeness (QED) is 0.766. The van der Waals surface area contributed by atoms with Gasteiger partial charge in [0.25, 0.3) is 0 Å². The maximum absolute atomic E-state index is 12.9. The topological polar surface area (TPSA) is 56.0 Å². The van der Waals surface area contributed by atoms with Crippen molar-refractivity contribution >= 4 is 5.69 Å². The molecule has 0 amide bonds. The first-order valence-corrected chi connectivity index (χ1v) is 4.25. The zero-order valence-corrected chi connectivity index (χ0v) is 7.79. The Bertz CT molecular complexity index is 358. The summed E-state index contributed by atoms with van der Waals surface area (Å²) >= 11 is 0. The average molecular weight is 194 g/mol. The fourth-order valence-corrected chi connectivity index (χ4v) is 0.986. The minimum Gasteiger partial charge on any atom is -0.392 e. The van der Waals surface area contributed by atoms with Gasteiger partial charge in [-0.1, -0.05) is 0 Å². The molecule has 1 atom stereocenters. The van der Waals surface area contributed by atoms with Gasteiger partial charge in [-0.15, -0.1) is 0 Å². The van der Waals surface area contributed by atoms with E-state index in [1.54, 1.807) is 13.0 Å². The maximum Gasteiger partial charge on any atom is 0.141 e. The Labute approximate surface area is 81.8 Å². The Kier molecular flexibility index (Phi) is 3.43. The number of hydrogen-bond acceptors (Lipinski definition) is 3. The summed E-state index contributed by atoms with van der Waals surface area (Å²) in [5.41, 5.74) is 0.629. The summed E-state index contributed by atoms with van der Waals surface area (Å²) in [6.07, 6.45) is -0.481. The van der Waals surface area contributed by atoms with E-state index in [9.17, 15) is 4.39 Å². The molecule has 1 rings (SSSR count). The first-order valence-electron chi connectivity index (χ1n) is 4.25. The van der Waals surface area contributed by atoms with Gasteiger partial charge in [-0.25, -0.2) is 4.39 Å². The molecule has 2 N–H and O–H groups in total. The van der Waals surface area contributed by atoms with Crippen molar-refractivity contribution in [1.82, 2.24) is 0 Å². The molecule has 0 fully saturated rings. The number of nitrogens with zero attached hydrogens (tertiary/aromatic N) is 1. The Morgan fingerprint density at radius 3 is 2.93 bits per heavy atom. The number of nitriles is 1. The number of aliphatic hydroxyl groups excluding tert-OH is 1. The van der Waals surface area contributed by atoms with Crippen molar-refractivity contribution < 1.29 is 9.50 Å². The van der Waals surface area contributed by atoms with Gasteiger partial charge in [-0.05, 0) is 25.1 Å². The van der Waals surface area contributed by atoms with Gasteiger partial charge in [0.1, 0.15) is 11.9 Å². The van der Waals surface area contributed by atoms with E-state index < -0.39 is 11.9 Å². The van der Waals surface area contributed by atoms with Crippen LogP contribution < -0.4 is 5.32 Å². The summed E-state index contributed by atoms with van der Waals surface area (Å²) < 4.78 is 12.9. The maximum atomic E-state index is 12.9. The number of rotatable bonds is 3. The van der Waals surface area contributed by atoms with E-state index in [2.05, 4.69) is 5.32 Å². The van der Waals surface area contributed by atoms with Crippen LogP contribution in [0.1, 0.15) is 12.5 Å². The van der Waals surface area contributed by atoms with Crippen LogP contribution in [0.5, 0.6) is 0 Å². The van der Waals surface area contributed by atoms with Crippen LogP contribution in [0.3, 0.4) is 0 Å². The van der Waals surface area contributed by atoms with E-state index in [-0.39, 0.29) is 5.56 Å².